The Kier molecular flexibility index (Phi) is 6.59. The highest BCUT2D eigenvalue weighted by molar-refractivity contribution is 7.89. The van der Waals surface area contributed by atoms with E-state index in [0.29, 0.717) is 45.0 Å². The van der Waals surface area contributed by atoms with Gasteiger partial charge in [-0.2, -0.15) is 4.31 Å². The summed E-state index contributed by atoms with van der Waals surface area (Å²) in [6.45, 7) is 3.12. The molecular weight excluding hydrogens is 455 g/mol. The van der Waals surface area contributed by atoms with Crippen molar-refractivity contribution >= 4 is 43.0 Å². The third-order valence-corrected chi connectivity index (χ3v) is 8.41. The minimum atomic E-state index is -3.71. The molecule has 1 saturated heterocycles. The zero-order valence-electron chi connectivity index (χ0n) is 17.7. The number of anilines is 1. The van der Waals surface area contributed by atoms with Crippen molar-refractivity contribution in [3.8, 4) is 0 Å². The van der Waals surface area contributed by atoms with Gasteiger partial charge in [0.05, 0.1) is 29.6 Å². The first-order valence-corrected chi connectivity index (χ1v) is 12.3. The predicted octanol–water partition coefficient (Wildman–Crippen LogP) is 3.77. The fourth-order valence-corrected chi connectivity index (χ4v) is 6.20. The van der Waals surface area contributed by atoms with Crippen LogP contribution in [-0.2, 0) is 26.1 Å². The van der Waals surface area contributed by atoms with Crippen LogP contribution in [0.25, 0.3) is 10.1 Å². The smallest absolute Gasteiger partial charge is 0.266 e. The Hall–Kier alpha value is -2.37. The van der Waals surface area contributed by atoms with Gasteiger partial charge in [-0.3, -0.25) is 4.79 Å². The summed E-state index contributed by atoms with van der Waals surface area (Å²) in [5.41, 5.74) is 1.56. The number of ether oxygens (including phenoxy) is 2. The molecule has 1 aromatic heterocycles. The molecule has 0 unspecified atom stereocenters. The van der Waals surface area contributed by atoms with E-state index < -0.39 is 21.7 Å². The number of carbonyl (C=O) groups is 1. The monoisotopic (exact) mass is 478 g/mol. The van der Waals surface area contributed by atoms with Crippen LogP contribution in [0.15, 0.2) is 41.3 Å². The zero-order chi connectivity index (χ0) is 22.9. The van der Waals surface area contributed by atoms with E-state index in [4.69, 9.17) is 9.47 Å². The van der Waals surface area contributed by atoms with Crippen molar-refractivity contribution in [2.45, 2.75) is 18.4 Å². The van der Waals surface area contributed by atoms with Gasteiger partial charge in [0.2, 0.25) is 10.0 Å². The van der Waals surface area contributed by atoms with Gasteiger partial charge in [0.1, 0.15) is 5.82 Å². The molecule has 10 heteroatoms. The van der Waals surface area contributed by atoms with Gasteiger partial charge in [-0.1, -0.05) is 12.1 Å². The topological polar surface area (TPSA) is 84.9 Å². The number of hydrogen-bond donors (Lipinski definition) is 1. The number of nitrogens with one attached hydrogen (secondary N) is 1. The molecule has 2 heterocycles. The molecule has 1 amide bonds. The minimum absolute atomic E-state index is 0.0775. The van der Waals surface area contributed by atoms with Gasteiger partial charge < -0.3 is 14.8 Å². The number of fused-ring (bicyclic) bond motifs is 1. The van der Waals surface area contributed by atoms with Crippen LogP contribution in [0.4, 0.5) is 10.1 Å². The quantitative estimate of drug-likeness (QED) is 0.583. The molecule has 0 atom stereocenters. The van der Waals surface area contributed by atoms with Crippen molar-refractivity contribution in [2.24, 2.45) is 0 Å². The van der Waals surface area contributed by atoms with E-state index >= 15 is 0 Å². The van der Waals surface area contributed by atoms with Gasteiger partial charge in [0, 0.05) is 41.5 Å². The number of nitrogens with zero attached hydrogens (tertiary/aromatic N) is 1. The number of aryl methyl sites for hydroxylation is 1. The highest BCUT2D eigenvalue weighted by Gasteiger charge is 2.27. The lowest BCUT2D eigenvalue weighted by molar-refractivity contribution is 0.0730. The summed E-state index contributed by atoms with van der Waals surface area (Å²) in [5.74, 6) is -0.860. The summed E-state index contributed by atoms with van der Waals surface area (Å²) in [4.78, 5) is 13.6. The second kappa shape index (κ2) is 9.24. The lowest BCUT2D eigenvalue weighted by Gasteiger charge is -2.26. The van der Waals surface area contributed by atoms with Crippen LogP contribution in [0.3, 0.4) is 0 Å². The molecule has 1 N–H and O–H groups in total. The molecule has 0 saturated carbocycles. The standard InChI is InChI=1S/C22H23FN2O5S2/c1-14-6-7-15(32(27,28)25-8-10-30-11-9-25)12-18(14)24-22(26)21-16(13-29-2)20-17(23)4-3-5-19(20)31-21/h3-7,12H,8-11,13H2,1-2H3,(H,24,26). The molecule has 0 spiro atoms. The maximum atomic E-state index is 14.4. The number of amides is 1. The third-order valence-electron chi connectivity index (χ3n) is 5.32. The summed E-state index contributed by atoms with van der Waals surface area (Å²) in [6, 6.07) is 9.34. The molecule has 170 valence electrons. The Labute approximate surface area is 189 Å². The van der Waals surface area contributed by atoms with Gasteiger partial charge in [-0.15, -0.1) is 11.3 Å². The molecule has 3 aromatic rings. The average molecular weight is 479 g/mol. The average Bonchev–Trinajstić information content (AvgIpc) is 3.16. The van der Waals surface area contributed by atoms with E-state index in [0.717, 1.165) is 0 Å². The Morgan fingerprint density at radius 3 is 2.72 bits per heavy atom. The van der Waals surface area contributed by atoms with Crippen LogP contribution in [0, 0.1) is 12.7 Å². The van der Waals surface area contributed by atoms with Crippen LogP contribution < -0.4 is 5.32 Å². The number of benzene rings is 2. The van der Waals surface area contributed by atoms with Crippen LogP contribution in [-0.4, -0.2) is 52.0 Å². The second-order valence-corrected chi connectivity index (χ2v) is 10.4. The van der Waals surface area contributed by atoms with Crippen LogP contribution in [0.2, 0.25) is 0 Å². The number of sulfonamides is 1. The van der Waals surface area contributed by atoms with Crippen molar-refractivity contribution < 1.29 is 27.1 Å². The molecule has 1 aliphatic rings. The summed E-state index contributed by atoms with van der Waals surface area (Å²) >= 11 is 1.17. The normalized spacial score (nSPS) is 15.2. The first kappa shape index (κ1) is 22.8. The van der Waals surface area contributed by atoms with Gasteiger partial charge in [0.15, 0.2) is 0 Å². The Bertz CT molecular complexity index is 1270. The maximum Gasteiger partial charge on any atom is 0.266 e. The number of methoxy groups -OCH3 is 1. The van der Waals surface area contributed by atoms with E-state index in [1.54, 1.807) is 25.1 Å². The lowest BCUT2D eigenvalue weighted by atomic mass is 10.1. The first-order chi connectivity index (χ1) is 15.3. The molecule has 7 nitrogen and oxygen atoms in total. The maximum absolute atomic E-state index is 14.4. The van der Waals surface area contributed by atoms with Crippen LogP contribution >= 0.6 is 11.3 Å². The van der Waals surface area contributed by atoms with E-state index in [1.807, 2.05) is 0 Å². The Morgan fingerprint density at radius 1 is 1.25 bits per heavy atom. The van der Waals surface area contributed by atoms with Crippen molar-refractivity contribution in [3.05, 3.63) is 58.2 Å². The van der Waals surface area contributed by atoms with E-state index in [-0.39, 0.29) is 24.6 Å². The van der Waals surface area contributed by atoms with E-state index in [1.165, 1.54) is 41.0 Å². The number of rotatable bonds is 6. The molecule has 0 aliphatic carbocycles. The van der Waals surface area contributed by atoms with Gasteiger partial charge in [0.25, 0.3) is 5.91 Å². The van der Waals surface area contributed by atoms with E-state index in [2.05, 4.69) is 5.32 Å². The number of thiophene rings is 1. The molecule has 4 rings (SSSR count). The van der Waals surface area contributed by atoms with Crippen molar-refractivity contribution in [1.29, 1.82) is 0 Å². The number of halogens is 1. The predicted molar refractivity (Wildman–Crippen MR) is 121 cm³/mol. The van der Waals surface area contributed by atoms with Crippen molar-refractivity contribution in [1.82, 2.24) is 4.31 Å². The number of hydrogen-bond acceptors (Lipinski definition) is 6. The molecule has 1 aliphatic heterocycles. The zero-order valence-corrected chi connectivity index (χ0v) is 19.3. The second-order valence-electron chi connectivity index (χ2n) is 7.40. The van der Waals surface area contributed by atoms with E-state index in [9.17, 15) is 17.6 Å². The van der Waals surface area contributed by atoms with Gasteiger partial charge in [-0.05, 0) is 36.8 Å². The van der Waals surface area contributed by atoms with Crippen LogP contribution in [0.5, 0.6) is 0 Å². The SMILES string of the molecule is COCc1c(C(=O)Nc2cc(S(=O)(=O)N3CCOCC3)ccc2C)sc2cccc(F)c12. The molecule has 32 heavy (non-hydrogen) atoms. The fourth-order valence-electron chi connectivity index (χ4n) is 3.64. The largest absolute Gasteiger partial charge is 0.380 e. The molecular formula is C22H23FN2O5S2. The highest BCUT2D eigenvalue weighted by Crippen LogP contribution is 2.34. The molecule has 0 bridgehead atoms. The lowest BCUT2D eigenvalue weighted by Crippen LogP contribution is -2.40. The Balaban J connectivity index is 1.68. The van der Waals surface area contributed by atoms with Crippen molar-refractivity contribution in [3.63, 3.8) is 0 Å². The summed E-state index contributed by atoms with van der Waals surface area (Å²) < 4.78 is 52.9. The van der Waals surface area contributed by atoms with Crippen molar-refractivity contribution in [2.75, 3.05) is 38.7 Å². The summed E-state index contributed by atoms with van der Waals surface area (Å²) in [7, 11) is -2.23. The summed E-state index contributed by atoms with van der Waals surface area (Å²) in [5, 5.41) is 3.17. The fraction of sp³-hybridized carbons (Fsp3) is 0.318. The Morgan fingerprint density at radius 2 is 2.00 bits per heavy atom. The molecule has 0 radical (unpaired) electrons. The number of carbonyl (C=O) groups excluding carboxylic acids is 1. The van der Waals surface area contributed by atoms with Gasteiger partial charge >= 0.3 is 0 Å². The van der Waals surface area contributed by atoms with Gasteiger partial charge in [-0.25, -0.2) is 12.8 Å². The summed E-state index contributed by atoms with van der Waals surface area (Å²) in [6.07, 6.45) is 0. The molecule has 1 fully saturated rings. The number of morpholine rings is 1. The first-order valence-electron chi connectivity index (χ1n) is 10.0. The third kappa shape index (κ3) is 4.28. The highest BCUT2D eigenvalue weighted by atomic mass is 32.2. The van der Waals surface area contributed by atoms with Crippen LogP contribution in [0.1, 0.15) is 20.8 Å². The minimum Gasteiger partial charge on any atom is -0.380 e. The molecule has 2 aromatic carbocycles.